The second-order valence-corrected chi connectivity index (χ2v) is 5.28. The normalized spacial score (nSPS) is 11.2. The lowest BCUT2D eigenvalue weighted by atomic mass is 10.3. The van der Waals surface area contributed by atoms with Crippen LogP contribution in [0.15, 0.2) is 22.6 Å². The maximum absolute atomic E-state index is 9.45. The predicted octanol–water partition coefficient (Wildman–Crippen LogP) is 2.19. The van der Waals surface area contributed by atoms with Gasteiger partial charge in [-0.1, -0.05) is 11.6 Å². The predicted molar refractivity (Wildman–Crippen MR) is 73.2 cm³/mol. The zero-order valence-electron chi connectivity index (χ0n) is 11.4. The van der Waals surface area contributed by atoms with Gasteiger partial charge in [0.2, 0.25) is 16.0 Å². The molecular formula is C12H16ClNO5S. The van der Waals surface area contributed by atoms with Gasteiger partial charge in [-0.25, -0.2) is 8.42 Å². The first-order chi connectivity index (χ1) is 9.28. The van der Waals surface area contributed by atoms with Crippen LogP contribution in [0.2, 0.25) is 5.02 Å². The van der Waals surface area contributed by atoms with Crippen molar-refractivity contribution in [1.82, 2.24) is 0 Å². The molecule has 0 radical (unpaired) electrons. The molecule has 1 heterocycles. The van der Waals surface area contributed by atoms with E-state index >= 15 is 0 Å². The molecule has 112 valence electrons. The van der Waals surface area contributed by atoms with Gasteiger partial charge in [0.1, 0.15) is 6.54 Å². The first-order valence-electron chi connectivity index (χ1n) is 5.97. The van der Waals surface area contributed by atoms with Gasteiger partial charge in [0.05, 0.1) is 13.5 Å². The molecular weight excluding hydrogens is 306 g/mol. The van der Waals surface area contributed by atoms with E-state index in [-0.39, 0.29) is 6.61 Å². The third kappa shape index (κ3) is 4.75. The molecule has 1 aromatic carbocycles. The minimum Gasteiger partial charge on any atom is -0.726 e. The first kappa shape index (κ1) is 16.9. The molecule has 1 aromatic heterocycles. The summed E-state index contributed by atoms with van der Waals surface area (Å²) in [6.07, 6.45) is 0. The summed E-state index contributed by atoms with van der Waals surface area (Å²) in [4.78, 5) is 0. The summed E-state index contributed by atoms with van der Waals surface area (Å²) in [5.74, 6) is 0.916. The van der Waals surface area contributed by atoms with E-state index in [0.29, 0.717) is 0 Å². The van der Waals surface area contributed by atoms with Gasteiger partial charge in [-0.05, 0) is 26.0 Å². The molecule has 0 saturated carbocycles. The molecule has 0 aliphatic heterocycles. The summed E-state index contributed by atoms with van der Waals surface area (Å²) in [6.45, 7) is 6.28. The van der Waals surface area contributed by atoms with Gasteiger partial charge in [0.15, 0.2) is 0 Å². The van der Waals surface area contributed by atoms with E-state index in [0.717, 1.165) is 28.6 Å². The highest BCUT2D eigenvalue weighted by Gasteiger charge is 2.16. The van der Waals surface area contributed by atoms with Crippen LogP contribution in [0.1, 0.15) is 19.7 Å². The van der Waals surface area contributed by atoms with Crippen LogP contribution in [-0.2, 0) is 21.1 Å². The first-order valence-corrected chi connectivity index (χ1v) is 7.68. The van der Waals surface area contributed by atoms with Gasteiger partial charge in [0.25, 0.3) is 5.52 Å². The maximum Gasteiger partial charge on any atom is 0.344 e. The van der Waals surface area contributed by atoms with Gasteiger partial charge in [0, 0.05) is 11.1 Å². The lowest BCUT2D eigenvalue weighted by molar-refractivity contribution is -0.679. The quantitative estimate of drug-likeness (QED) is 0.491. The molecule has 0 saturated heterocycles. The van der Waals surface area contributed by atoms with Crippen LogP contribution in [-0.4, -0.2) is 19.6 Å². The van der Waals surface area contributed by atoms with E-state index in [4.69, 9.17) is 16.0 Å². The summed E-state index contributed by atoms with van der Waals surface area (Å²) in [5.41, 5.74) is 1.95. The third-order valence-corrected chi connectivity index (χ3v) is 3.19. The summed E-state index contributed by atoms with van der Waals surface area (Å²) >= 11 is 5.90. The van der Waals surface area contributed by atoms with Crippen LogP contribution in [0.25, 0.3) is 11.1 Å². The maximum atomic E-state index is 9.45. The van der Waals surface area contributed by atoms with Gasteiger partial charge in [-0.3, -0.25) is 4.18 Å². The Morgan fingerprint density at radius 1 is 1.40 bits per heavy atom. The molecule has 6 nitrogen and oxygen atoms in total. The van der Waals surface area contributed by atoms with E-state index in [1.807, 2.05) is 25.1 Å². The summed E-state index contributed by atoms with van der Waals surface area (Å²) < 4.78 is 39.7. The Labute approximate surface area is 122 Å². The average Bonchev–Trinajstić information content (AvgIpc) is 2.63. The van der Waals surface area contributed by atoms with Crippen molar-refractivity contribution in [1.29, 1.82) is 0 Å². The number of hydrogen-bond donors (Lipinski definition) is 0. The van der Waals surface area contributed by atoms with Crippen molar-refractivity contribution in [3.8, 4) is 0 Å². The van der Waals surface area contributed by atoms with Crippen molar-refractivity contribution in [3.63, 3.8) is 0 Å². The number of rotatable bonds is 3. The van der Waals surface area contributed by atoms with Crippen molar-refractivity contribution >= 4 is 33.1 Å². The Morgan fingerprint density at radius 3 is 2.50 bits per heavy atom. The number of hydrogen-bond acceptors (Lipinski definition) is 5. The zero-order valence-corrected chi connectivity index (χ0v) is 13.0. The molecule has 0 spiro atoms. The molecule has 8 heteroatoms. The lowest BCUT2D eigenvalue weighted by Gasteiger charge is -2.02. The smallest absolute Gasteiger partial charge is 0.344 e. The van der Waals surface area contributed by atoms with Gasteiger partial charge >= 0.3 is 5.89 Å². The Balaban J connectivity index is 0.000000246. The van der Waals surface area contributed by atoms with Gasteiger partial charge in [-0.15, -0.1) is 0 Å². The fourth-order valence-corrected chi connectivity index (χ4v) is 2.16. The van der Waals surface area contributed by atoms with Crippen LogP contribution >= 0.6 is 11.6 Å². The zero-order chi connectivity index (χ0) is 15.3. The molecule has 2 rings (SSSR count). The van der Waals surface area contributed by atoms with E-state index in [9.17, 15) is 13.0 Å². The van der Waals surface area contributed by atoms with Crippen LogP contribution < -0.4 is 4.57 Å². The largest absolute Gasteiger partial charge is 0.726 e. The monoisotopic (exact) mass is 321 g/mol. The molecule has 2 aromatic rings. The van der Waals surface area contributed by atoms with Gasteiger partial charge < -0.3 is 8.97 Å². The van der Waals surface area contributed by atoms with E-state index in [1.165, 1.54) is 6.92 Å². The topological polar surface area (TPSA) is 83.5 Å². The van der Waals surface area contributed by atoms with Crippen LogP contribution in [0.4, 0.5) is 0 Å². The minimum atomic E-state index is -4.42. The van der Waals surface area contributed by atoms with Crippen molar-refractivity contribution in [2.45, 2.75) is 27.3 Å². The Morgan fingerprint density at radius 2 is 2.05 bits per heavy atom. The van der Waals surface area contributed by atoms with E-state index in [2.05, 4.69) is 15.7 Å². The average molecular weight is 322 g/mol. The standard InChI is InChI=1S/C10H11ClNO.C2H6O4S/c1-3-12-7(2)13-10-5-4-8(11)6-9(10)12;1-2-6-7(3,4)5/h4-6H,3H2,1-2H3;2H2,1H3,(H,3,4,5)/q+1;/p-1. The molecule has 0 unspecified atom stereocenters. The second kappa shape index (κ2) is 7.03. The molecule has 20 heavy (non-hydrogen) atoms. The SMILES string of the molecule is CCOS(=O)(=O)[O-].CC[n+]1c(C)oc2ccc(Cl)cc21. The lowest BCUT2D eigenvalue weighted by Crippen LogP contribution is -2.33. The molecule has 0 fully saturated rings. The van der Waals surface area contributed by atoms with Crippen molar-refractivity contribution in [3.05, 3.63) is 29.1 Å². The fourth-order valence-electron chi connectivity index (χ4n) is 1.71. The Kier molecular flexibility index (Phi) is 5.94. The second-order valence-electron chi connectivity index (χ2n) is 3.79. The highest BCUT2D eigenvalue weighted by atomic mass is 35.5. The Hall–Kier alpha value is -1.15. The van der Waals surface area contributed by atoms with Gasteiger partial charge in [-0.2, -0.15) is 4.57 Å². The molecule has 0 aliphatic rings. The van der Waals surface area contributed by atoms with Crippen LogP contribution in [0.5, 0.6) is 0 Å². The molecule has 0 bridgehead atoms. The molecule has 0 N–H and O–H groups in total. The third-order valence-electron chi connectivity index (χ3n) is 2.43. The number of nitrogens with zero attached hydrogens (tertiary/aromatic N) is 1. The summed E-state index contributed by atoms with van der Waals surface area (Å²) in [6, 6.07) is 5.67. The highest BCUT2D eigenvalue weighted by molar-refractivity contribution is 7.80. The van der Waals surface area contributed by atoms with Crippen molar-refractivity contribution in [2.75, 3.05) is 6.61 Å². The minimum absolute atomic E-state index is 0.0914. The molecule has 0 atom stereocenters. The van der Waals surface area contributed by atoms with Crippen LogP contribution in [0.3, 0.4) is 0 Å². The summed E-state index contributed by atoms with van der Waals surface area (Å²) in [7, 11) is -4.42. The number of aryl methyl sites for hydroxylation is 2. The number of aromatic nitrogens is 1. The number of oxazole rings is 1. The number of benzene rings is 1. The van der Waals surface area contributed by atoms with Crippen molar-refractivity contribution < 1.29 is 26.1 Å². The van der Waals surface area contributed by atoms with E-state index in [1.54, 1.807) is 0 Å². The molecule has 0 amide bonds. The highest BCUT2D eigenvalue weighted by Crippen LogP contribution is 2.18. The van der Waals surface area contributed by atoms with E-state index < -0.39 is 10.4 Å². The van der Waals surface area contributed by atoms with Crippen molar-refractivity contribution in [2.24, 2.45) is 0 Å². The Bertz CT molecular complexity index is 680. The molecule has 0 aliphatic carbocycles. The fraction of sp³-hybridized carbons (Fsp3) is 0.417. The number of fused-ring (bicyclic) bond motifs is 1. The van der Waals surface area contributed by atoms with Crippen LogP contribution in [0, 0.1) is 6.92 Å². The number of halogens is 1. The summed E-state index contributed by atoms with van der Waals surface area (Å²) in [5, 5.41) is 0.746.